The number of carbonyl (C=O) groups excluding carboxylic acids is 1. The molecule has 1 saturated carbocycles. The maximum absolute atomic E-state index is 14.2. The lowest BCUT2D eigenvalue weighted by atomic mass is 9.86. The molecule has 1 heterocycles. The van der Waals surface area contributed by atoms with Crippen molar-refractivity contribution in [2.24, 2.45) is 5.16 Å². The van der Waals surface area contributed by atoms with Crippen molar-refractivity contribution in [3.8, 4) is 0 Å². The van der Waals surface area contributed by atoms with Crippen LogP contribution < -0.4 is 5.32 Å². The van der Waals surface area contributed by atoms with E-state index in [2.05, 4.69) is 10.5 Å². The van der Waals surface area contributed by atoms with Crippen LogP contribution in [-0.4, -0.2) is 17.8 Å². The van der Waals surface area contributed by atoms with Crippen LogP contribution in [0.3, 0.4) is 0 Å². The van der Waals surface area contributed by atoms with E-state index in [4.69, 9.17) is 28.0 Å². The molecule has 38 heavy (non-hydrogen) atoms. The highest BCUT2D eigenvalue weighted by atomic mass is 35.5. The van der Waals surface area contributed by atoms with Crippen molar-refractivity contribution in [2.75, 3.05) is 0 Å². The summed E-state index contributed by atoms with van der Waals surface area (Å²) in [7, 11) is 0. The Morgan fingerprint density at radius 1 is 0.895 bits per heavy atom. The van der Waals surface area contributed by atoms with Crippen LogP contribution in [0.15, 0.2) is 59.8 Å². The lowest BCUT2D eigenvalue weighted by molar-refractivity contribution is -0.275. The van der Waals surface area contributed by atoms with E-state index in [1.165, 1.54) is 18.2 Å². The zero-order chi connectivity index (χ0) is 27.5. The smallest absolute Gasteiger partial charge is 0.374 e. The standard InChI is InChI=1S/C26H16Cl2F6N2O2/c27-16-7-15(8-17(28)9-16)25(26(32,33)34)12-21(36-38-25)13-1-3-14(4-2-13)24(5-6-24)35-23(37)22-19(30)10-18(29)11-20(22)31/h1-4,7-11H,5-6,12H2,(H,35,37). The van der Waals surface area contributed by atoms with Crippen LogP contribution in [0.2, 0.25) is 10.0 Å². The van der Waals surface area contributed by atoms with Gasteiger partial charge in [0.05, 0.1) is 11.3 Å². The number of hydrogen-bond acceptors (Lipinski definition) is 3. The number of carbonyl (C=O) groups is 1. The van der Waals surface area contributed by atoms with Gasteiger partial charge in [-0.2, -0.15) is 13.2 Å². The molecule has 0 aromatic heterocycles. The number of amides is 1. The summed E-state index contributed by atoms with van der Waals surface area (Å²) in [6, 6.07) is 10.5. The topological polar surface area (TPSA) is 50.7 Å². The predicted octanol–water partition coefficient (Wildman–Crippen LogP) is 7.41. The molecular weight excluding hydrogens is 557 g/mol. The number of halogens is 8. The first-order valence-electron chi connectivity index (χ1n) is 11.2. The van der Waals surface area contributed by atoms with Crippen LogP contribution >= 0.6 is 23.2 Å². The maximum Gasteiger partial charge on any atom is 0.435 e. The molecule has 3 aromatic carbocycles. The van der Waals surface area contributed by atoms with E-state index < -0.39 is 52.7 Å². The minimum Gasteiger partial charge on any atom is -0.374 e. The Bertz CT molecular complexity index is 1430. The molecule has 1 unspecified atom stereocenters. The summed E-state index contributed by atoms with van der Waals surface area (Å²) in [4.78, 5) is 17.6. The summed E-state index contributed by atoms with van der Waals surface area (Å²) in [5.41, 5.74) is -3.98. The summed E-state index contributed by atoms with van der Waals surface area (Å²) in [5.74, 6) is -4.87. The number of benzene rings is 3. The van der Waals surface area contributed by atoms with Gasteiger partial charge in [0.25, 0.3) is 11.5 Å². The third-order valence-electron chi connectivity index (χ3n) is 6.62. The average molecular weight is 573 g/mol. The molecule has 0 saturated heterocycles. The number of alkyl halides is 3. The molecule has 2 aliphatic rings. The Morgan fingerprint density at radius 3 is 2.00 bits per heavy atom. The summed E-state index contributed by atoms with van der Waals surface area (Å²) in [6.45, 7) is 0. The van der Waals surface area contributed by atoms with Gasteiger partial charge in [-0.1, -0.05) is 52.6 Å². The van der Waals surface area contributed by atoms with E-state index in [-0.39, 0.29) is 21.3 Å². The van der Waals surface area contributed by atoms with Gasteiger partial charge in [0.1, 0.15) is 23.0 Å². The summed E-state index contributed by atoms with van der Waals surface area (Å²) in [6.07, 6.45) is -4.57. The number of hydrogen-bond donors (Lipinski definition) is 1. The van der Waals surface area contributed by atoms with E-state index >= 15 is 0 Å². The molecule has 3 aromatic rings. The minimum atomic E-state index is -4.85. The SMILES string of the molecule is O=C(NC1(c2ccc(C3=NOC(c4cc(Cl)cc(Cl)c4)(C(F)(F)F)C3)cc2)CC1)c1c(F)cc(F)cc1F. The molecule has 1 aliphatic heterocycles. The third kappa shape index (κ3) is 4.60. The van der Waals surface area contributed by atoms with Gasteiger partial charge < -0.3 is 10.2 Å². The van der Waals surface area contributed by atoms with Crippen molar-refractivity contribution in [1.29, 1.82) is 0 Å². The molecule has 198 valence electrons. The largest absolute Gasteiger partial charge is 0.435 e. The van der Waals surface area contributed by atoms with Crippen LogP contribution in [-0.2, 0) is 16.0 Å². The van der Waals surface area contributed by atoms with Crippen LogP contribution in [0.4, 0.5) is 26.3 Å². The highest BCUT2D eigenvalue weighted by Gasteiger charge is 2.62. The van der Waals surface area contributed by atoms with E-state index in [0.717, 1.165) is 12.1 Å². The lowest BCUT2D eigenvalue weighted by Gasteiger charge is -2.29. The van der Waals surface area contributed by atoms with E-state index in [0.29, 0.717) is 36.1 Å². The Morgan fingerprint density at radius 2 is 1.47 bits per heavy atom. The quantitative estimate of drug-likeness (QED) is 0.323. The summed E-state index contributed by atoms with van der Waals surface area (Å²) >= 11 is 11.9. The van der Waals surface area contributed by atoms with Crippen LogP contribution in [0.5, 0.6) is 0 Å². The first kappa shape index (κ1) is 26.4. The number of nitrogens with one attached hydrogen (secondary N) is 1. The molecule has 5 rings (SSSR count). The van der Waals surface area contributed by atoms with Gasteiger partial charge in [0.2, 0.25) is 0 Å². The zero-order valence-corrected chi connectivity index (χ0v) is 20.6. The zero-order valence-electron chi connectivity index (χ0n) is 19.1. The number of rotatable bonds is 5. The van der Waals surface area contributed by atoms with Gasteiger partial charge in [0, 0.05) is 34.2 Å². The molecule has 0 radical (unpaired) electrons. The Balaban J connectivity index is 1.37. The van der Waals surface area contributed by atoms with Crippen molar-refractivity contribution in [2.45, 2.75) is 36.6 Å². The highest BCUT2D eigenvalue weighted by Crippen LogP contribution is 2.50. The van der Waals surface area contributed by atoms with Crippen LogP contribution in [0, 0.1) is 17.5 Å². The Labute approximate surface area is 222 Å². The molecular formula is C26H16Cl2F6N2O2. The molecule has 0 spiro atoms. The van der Waals surface area contributed by atoms with Gasteiger partial charge in [0.15, 0.2) is 0 Å². The van der Waals surface area contributed by atoms with Gasteiger partial charge in [-0.25, -0.2) is 13.2 Å². The van der Waals surface area contributed by atoms with E-state index in [1.54, 1.807) is 12.1 Å². The van der Waals surface area contributed by atoms with Crippen molar-refractivity contribution < 1.29 is 36.0 Å². The van der Waals surface area contributed by atoms with Crippen LogP contribution in [0.25, 0.3) is 0 Å². The molecule has 1 atom stereocenters. The van der Waals surface area contributed by atoms with E-state index in [9.17, 15) is 31.1 Å². The Kier molecular flexibility index (Phi) is 6.38. The van der Waals surface area contributed by atoms with Crippen LogP contribution in [0.1, 0.15) is 46.3 Å². The monoisotopic (exact) mass is 572 g/mol. The second-order valence-corrected chi connectivity index (χ2v) is 10.0. The summed E-state index contributed by atoms with van der Waals surface area (Å²) < 4.78 is 83.9. The van der Waals surface area contributed by atoms with Gasteiger partial charge in [-0.3, -0.25) is 4.79 Å². The fourth-order valence-corrected chi connectivity index (χ4v) is 5.00. The molecule has 1 aliphatic carbocycles. The fraction of sp³-hybridized carbons (Fsp3) is 0.231. The van der Waals surface area contributed by atoms with Crippen molar-refractivity contribution in [3.63, 3.8) is 0 Å². The molecule has 4 nitrogen and oxygen atoms in total. The highest BCUT2D eigenvalue weighted by molar-refractivity contribution is 6.34. The number of nitrogens with zero attached hydrogens (tertiary/aromatic N) is 1. The second-order valence-electron chi connectivity index (χ2n) is 9.15. The molecule has 1 N–H and O–H groups in total. The lowest BCUT2D eigenvalue weighted by Crippen LogP contribution is -2.42. The predicted molar refractivity (Wildman–Crippen MR) is 128 cm³/mol. The Hall–Kier alpha value is -3.24. The molecule has 12 heteroatoms. The van der Waals surface area contributed by atoms with Gasteiger partial charge >= 0.3 is 6.18 Å². The van der Waals surface area contributed by atoms with Crippen molar-refractivity contribution in [3.05, 3.63) is 104 Å². The van der Waals surface area contributed by atoms with Crippen molar-refractivity contribution >= 4 is 34.8 Å². The first-order valence-corrected chi connectivity index (χ1v) is 12.0. The maximum atomic E-state index is 14.2. The minimum absolute atomic E-state index is 0.00899. The average Bonchev–Trinajstić information content (AvgIpc) is 3.43. The molecule has 1 amide bonds. The fourth-order valence-electron chi connectivity index (χ4n) is 4.48. The molecule has 1 fully saturated rings. The second kappa shape index (κ2) is 9.20. The van der Waals surface area contributed by atoms with Crippen molar-refractivity contribution in [1.82, 2.24) is 5.32 Å². The normalized spacial score (nSPS) is 20.1. The van der Waals surface area contributed by atoms with Gasteiger partial charge in [-0.05, 0) is 42.2 Å². The first-order chi connectivity index (χ1) is 17.8. The molecule has 0 bridgehead atoms. The van der Waals surface area contributed by atoms with E-state index in [1.807, 2.05) is 0 Å². The van der Waals surface area contributed by atoms with Gasteiger partial charge in [-0.15, -0.1) is 0 Å². The third-order valence-corrected chi connectivity index (χ3v) is 7.06. The number of oxime groups is 1. The summed E-state index contributed by atoms with van der Waals surface area (Å²) in [5, 5.41) is 6.31.